The van der Waals surface area contributed by atoms with Crippen molar-refractivity contribution in [3.8, 4) is 89.8 Å². The first-order valence-corrected chi connectivity index (χ1v) is 21.1. The van der Waals surface area contributed by atoms with E-state index in [4.69, 9.17) is 15.0 Å². The monoisotopic (exact) mass is 775 g/mol. The molecule has 0 unspecified atom stereocenters. The summed E-state index contributed by atoms with van der Waals surface area (Å²) in [6.45, 7) is 4.21. The molecule has 0 radical (unpaired) electrons. The van der Waals surface area contributed by atoms with Crippen LogP contribution in [0.4, 0.5) is 0 Å². The Bertz CT molecular complexity index is 3370. The summed E-state index contributed by atoms with van der Waals surface area (Å²) in [5, 5.41) is 2.58. The van der Waals surface area contributed by atoms with Crippen LogP contribution in [0.25, 0.3) is 101 Å². The molecule has 0 N–H and O–H groups in total. The summed E-state index contributed by atoms with van der Waals surface area (Å²) in [5.41, 5.74) is 22.8. The van der Waals surface area contributed by atoms with Crippen LogP contribution in [0.2, 0.25) is 0 Å². The van der Waals surface area contributed by atoms with Crippen LogP contribution in [-0.2, 0) is 5.41 Å². The fourth-order valence-corrected chi connectivity index (χ4v) is 10.8. The van der Waals surface area contributed by atoms with E-state index in [0.717, 1.165) is 22.3 Å². The molecule has 0 aliphatic heterocycles. The molecule has 13 rings (SSSR count). The van der Waals surface area contributed by atoms with Crippen LogP contribution < -0.4 is 0 Å². The average molecular weight is 776 g/mol. The van der Waals surface area contributed by atoms with E-state index in [-0.39, 0.29) is 0 Å². The minimum atomic E-state index is -0.483. The first-order chi connectivity index (χ1) is 30.1. The molecule has 3 heteroatoms. The summed E-state index contributed by atoms with van der Waals surface area (Å²) >= 11 is 0. The fourth-order valence-electron chi connectivity index (χ4n) is 10.8. The molecule has 9 aromatic carbocycles. The van der Waals surface area contributed by atoms with Gasteiger partial charge in [-0.25, -0.2) is 15.0 Å². The fraction of sp³-hybridized carbons (Fsp3) is 0.0517. The van der Waals surface area contributed by atoms with E-state index in [1.807, 2.05) is 0 Å². The molecule has 61 heavy (non-hydrogen) atoms. The standard InChI is InChI=1S/C58H37N3/c1-34-24-28-37(29-25-34)55-59-56(38-30-26-35(2)27-31-38)61-57(60-55)40-15-9-14-39(32-40)52-53-45-20-11-13-36-12-10-19-43(51(36)45)46(53)33-50-54(52)44-18-5-8-23-49(44)58(50)47-21-6-3-16-41(47)42-17-4-7-22-48(42)58/h3-33H,1-2H3. The highest BCUT2D eigenvalue weighted by Gasteiger charge is 2.53. The molecule has 3 aliphatic carbocycles. The maximum atomic E-state index is 5.21. The minimum Gasteiger partial charge on any atom is -0.208 e. The van der Waals surface area contributed by atoms with Gasteiger partial charge >= 0.3 is 0 Å². The van der Waals surface area contributed by atoms with Gasteiger partial charge in [0.25, 0.3) is 0 Å². The lowest BCUT2D eigenvalue weighted by molar-refractivity contribution is 0.794. The van der Waals surface area contributed by atoms with Gasteiger partial charge in [0.2, 0.25) is 0 Å². The Balaban J connectivity index is 1.12. The number of rotatable bonds is 4. The summed E-state index contributed by atoms with van der Waals surface area (Å²) in [6, 6.07) is 69.2. The molecule has 1 aromatic heterocycles. The number of aromatic nitrogens is 3. The third kappa shape index (κ3) is 4.72. The quantitative estimate of drug-likeness (QED) is 0.179. The van der Waals surface area contributed by atoms with Crippen molar-refractivity contribution < 1.29 is 0 Å². The lowest BCUT2D eigenvalue weighted by atomic mass is 9.69. The Labute approximate surface area is 354 Å². The number of aryl methyl sites for hydroxylation is 2. The van der Waals surface area contributed by atoms with E-state index < -0.39 is 5.41 Å². The van der Waals surface area contributed by atoms with Crippen molar-refractivity contribution in [2.45, 2.75) is 19.3 Å². The van der Waals surface area contributed by atoms with Crippen LogP contribution in [0.1, 0.15) is 33.4 Å². The molecule has 0 saturated carbocycles. The lowest BCUT2D eigenvalue weighted by Crippen LogP contribution is -2.26. The van der Waals surface area contributed by atoms with Gasteiger partial charge in [-0.05, 0) is 115 Å². The van der Waals surface area contributed by atoms with Gasteiger partial charge < -0.3 is 0 Å². The van der Waals surface area contributed by atoms with Crippen LogP contribution in [0.3, 0.4) is 0 Å². The molecular formula is C58H37N3. The topological polar surface area (TPSA) is 38.7 Å². The molecular weight excluding hydrogens is 739 g/mol. The van der Waals surface area contributed by atoms with Crippen molar-refractivity contribution in [3.63, 3.8) is 0 Å². The Morgan fingerprint density at radius 2 is 0.787 bits per heavy atom. The third-order valence-corrected chi connectivity index (χ3v) is 13.4. The van der Waals surface area contributed by atoms with Crippen LogP contribution in [0, 0.1) is 13.8 Å². The zero-order chi connectivity index (χ0) is 40.4. The van der Waals surface area contributed by atoms with Crippen LogP contribution in [0.15, 0.2) is 188 Å². The van der Waals surface area contributed by atoms with Gasteiger partial charge in [-0.2, -0.15) is 0 Å². The Kier molecular flexibility index (Phi) is 7.07. The maximum Gasteiger partial charge on any atom is 0.164 e. The van der Waals surface area contributed by atoms with Gasteiger partial charge in [0.15, 0.2) is 17.5 Å². The largest absolute Gasteiger partial charge is 0.208 e. The highest BCUT2D eigenvalue weighted by molar-refractivity contribution is 6.21. The van der Waals surface area contributed by atoms with Gasteiger partial charge in [0.1, 0.15) is 0 Å². The van der Waals surface area contributed by atoms with E-state index in [0.29, 0.717) is 17.5 Å². The van der Waals surface area contributed by atoms with Gasteiger partial charge in [-0.15, -0.1) is 0 Å². The van der Waals surface area contributed by atoms with Gasteiger partial charge in [0, 0.05) is 16.7 Å². The zero-order valence-corrected chi connectivity index (χ0v) is 33.7. The van der Waals surface area contributed by atoms with Crippen molar-refractivity contribution in [2.24, 2.45) is 0 Å². The van der Waals surface area contributed by atoms with E-state index in [1.165, 1.54) is 94.2 Å². The molecule has 3 nitrogen and oxygen atoms in total. The van der Waals surface area contributed by atoms with Crippen molar-refractivity contribution >= 4 is 10.8 Å². The number of hydrogen-bond acceptors (Lipinski definition) is 3. The van der Waals surface area contributed by atoms with E-state index in [9.17, 15) is 0 Å². The third-order valence-electron chi connectivity index (χ3n) is 13.4. The minimum absolute atomic E-state index is 0.483. The molecule has 0 fully saturated rings. The second-order valence-corrected chi connectivity index (χ2v) is 16.8. The van der Waals surface area contributed by atoms with Gasteiger partial charge in [-0.1, -0.05) is 187 Å². The van der Waals surface area contributed by atoms with Gasteiger partial charge in [0.05, 0.1) is 5.41 Å². The molecule has 1 spiro atoms. The van der Waals surface area contributed by atoms with Crippen LogP contribution in [-0.4, -0.2) is 15.0 Å². The summed E-state index contributed by atoms with van der Waals surface area (Å²) in [7, 11) is 0. The molecule has 284 valence electrons. The highest BCUT2D eigenvalue weighted by atomic mass is 15.0. The summed E-state index contributed by atoms with van der Waals surface area (Å²) in [4.78, 5) is 15.5. The number of nitrogens with zero attached hydrogens (tertiary/aromatic N) is 3. The summed E-state index contributed by atoms with van der Waals surface area (Å²) < 4.78 is 0. The van der Waals surface area contributed by atoms with Crippen LogP contribution in [0.5, 0.6) is 0 Å². The maximum absolute atomic E-state index is 5.21. The molecule has 0 atom stereocenters. The highest BCUT2D eigenvalue weighted by Crippen LogP contribution is 2.67. The first-order valence-electron chi connectivity index (χ1n) is 21.1. The summed E-state index contributed by atoms with van der Waals surface area (Å²) in [6.07, 6.45) is 0. The second-order valence-electron chi connectivity index (χ2n) is 16.8. The molecule has 3 aliphatic rings. The first kappa shape index (κ1) is 34.1. The van der Waals surface area contributed by atoms with Gasteiger partial charge in [-0.3, -0.25) is 0 Å². The van der Waals surface area contributed by atoms with Crippen LogP contribution >= 0.6 is 0 Å². The Hall–Kier alpha value is -7.75. The number of fused-ring (bicyclic) bond motifs is 13. The predicted molar refractivity (Wildman–Crippen MR) is 249 cm³/mol. The zero-order valence-electron chi connectivity index (χ0n) is 33.7. The van der Waals surface area contributed by atoms with Crippen molar-refractivity contribution in [2.75, 3.05) is 0 Å². The number of benzene rings is 9. The number of hydrogen-bond donors (Lipinski definition) is 0. The molecule has 10 aromatic rings. The molecule has 0 amide bonds. The van der Waals surface area contributed by atoms with E-state index in [2.05, 4.69) is 202 Å². The SMILES string of the molecule is Cc1ccc(-c2nc(-c3ccc(C)cc3)nc(-c3cccc(-c4c5c(cc6c4-c4ccccc4C64c6ccccc6-c6ccccc64)-c4cccc6cccc-5c46)c3)n2)cc1. The normalized spacial score (nSPS) is 13.2. The predicted octanol–water partition coefficient (Wildman–Crippen LogP) is 14.3. The summed E-state index contributed by atoms with van der Waals surface area (Å²) in [5.74, 6) is 1.96. The van der Waals surface area contributed by atoms with Crippen molar-refractivity contribution in [1.82, 2.24) is 15.0 Å². The Morgan fingerprint density at radius 1 is 0.311 bits per heavy atom. The Morgan fingerprint density at radius 3 is 1.39 bits per heavy atom. The van der Waals surface area contributed by atoms with E-state index in [1.54, 1.807) is 0 Å². The molecule has 0 bridgehead atoms. The molecule has 0 saturated heterocycles. The van der Waals surface area contributed by atoms with Crippen molar-refractivity contribution in [1.29, 1.82) is 0 Å². The average Bonchev–Trinajstić information content (AvgIpc) is 3.91. The smallest absolute Gasteiger partial charge is 0.164 e. The molecule has 1 heterocycles. The lowest BCUT2D eigenvalue weighted by Gasteiger charge is -2.31. The second kappa shape index (κ2) is 12.6. The van der Waals surface area contributed by atoms with Crippen molar-refractivity contribution in [3.05, 3.63) is 221 Å². The van der Waals surface area contributed by atoms with E-state index >= 15 is 0 Å².